The van der Waals surface area contributed by atoms with Gasteiger partial charge in [-0.1, -0.05) is 13.3 Å². The van der Waals surface area contributed by atoms with E-state index < -0.39 is 0 Å². The number of nitrogens with one attached hydrogen (secondary N) is 2. The van der Waals surface area contributed by atoms with Gasteiger partial charge in [0, 0.05) is 17.8 Å². The fraction of sp³-hybridized carbons (Fsp3) is 0.750. The first-order valence-corrected chi connectivity index (χ1v) is 7.84. The summed E-state index contributed by atoms with van der Waals surface area (Å²) in [6, 6.07) is 0.600. The molecule has 0 spiro atoms. The van der Waals surface area contributed by atoms with Gasteiger partial charge < -0.3 is 10.3 Å². The van der Waals surface area contributed by atoms with Gasteiger partial charge >= 0.3 is 0 Å². The van der Waals surface area contributed by atoms with E-state index in [-0.39, 0.29) is 11.6 Å². The minimum atomic E-state index is -0.00255. The number of aromatic amines is 1. The number of rotatable bonds is 4. The maximum atomic E-state index is 12.1. The summed E-state index contributed by atoms with van der Waals surface area (Å²) in [6.07, 6.45) is 6.35. The highest BCUT2D eigenvalue weighted by atomic mass is 16.1. The molecule has 0 bridgehead atoms. The first-order valence-electron chi connectivity index (χ1n) is 7.84. The van der Waals surface area contributed by atoms with Crippen LogP contribution in [0.15, 0.2) is 4.79 Å². The Labute approximate surface area is 121 Å². The van der Waals surface area contributed by atoms with Crippen molar-refractivity contribution in [2.75, 3.05) is 0 Å². The van der Waals surface area contributed by atoms with Crippen LogP contribution >= 0.6 is 0 Å². The summed E-state index contributed by atoms with van der Waals surface area (Å²) in [5.74, 6) is 1.58. The summed E-state index contributed by atoms with van der Waals surface area (Å²) < 4.78 is 0. The van der Waals surface area contributed by atoms with Crippen molar-refractivity contribution in [2.45, 2.75) is 71.9 Å². The Kier molecular flexibility index (Phi) is 4.97. The average molecular weight is 277 g/mol. The minimum absolute atomic E-state index is 0.00255. The standard InChI is InChI=1S/C16H27N3O/c1-5-13-6-8-14(9-7-13)18-11(3)15-10(2)17-12(4)19-16(15)20/h11,13-14,18H,5-9H2,1-4H3,(H,17,19,20). The van der Waals surface area contributed by atoms with Gasteiger partial charge in [0.1, 0.15) is 5.82 Å². The maximum Gasteiger partial charge on any atom is 0.255 e. The van der Waals surface area contributed by atoms with E-state index in [1.54, 1.807) is 0 Å². The molecule has 1 aromatic rings. The summed E-state index contributed by atoms with van der Waals surface area (Å²) in [4.78, 5) is 19.3. The minimum Gasteiger partial charge on any atom is -0.310 e. The van der Waals surface area contributed by atoms with Crippen molar-refractivity contribution >= 4 is 0 Å². The average Bonchev–Trinajstić information content (AvgIpc) is 2.38. The molecule has 1 heterocycles. The molecule has 20 heavy (non-hydrogen) atoms. The highest BCUT2D eigenvalue weighted by Gasteiger charge is 2.23. The van der Waals surface area contributed by atoms with E-state index >= 15 is 0 Å². The molecule has 1 aliphatic carbocycles. The van der Waals surface area contributed by atoms with Gasteiger partial charge in [-0.05, 0) is 52.4 Å². The van der Waals surface area contributed by atoms with E-state index in [1.807, 2.05) is 13.8 Å². The highest BCUT2D eigenvalue weighted by molar-refractivity contribution is 5.20. The van der Waals surface area contributed by atoms with E-state index in [1.165, 1.54) is 32.1 Å². The summed E-state index contributed by atoms with van der Waals surface area (Å²) in [6.45, 7) is 8.09. The third-order valence-corrected chi connectivity index (χ3v) is 4.61. The van der Waals surface area contributed by atoms with Crippen molar-refractivity contribution in [2.24, 2.45) is 5.92 Å². The number of nitrogens with zero attached hydrogens (tertiary/aromatic N) is 1. The quantitative estimate of drug-likeness (QED) is 0.889. The Morgan fingerprint density at radius 1 is 1.30 bits per heavy atom. The number of hydrogen-bond acceptors (Lipinski definition) is 3. The predicted molar refractivity (Wildman–Crippen MR) is 81.9 cm³/mol. The molecule has 1 aliphatic rings. The second-order valence-corrected chi connectivity index (χ2v) is 6.16. The van der Waals surface area contributed by atoms with E-state index in [0.29, 0.717) is 11.9 Å². The molecule has 0 radical (unpaired) electrons. The largest absolute Gasteiger partial charge is 0.310 e. The number of aromatic nitrogens is 2. The molecule has 112 valence electrons. The highest BCUT2D eigenvalue weighted by Crippen LogP contribution is 2.27. The lowest BCUT2D eigenvalue weighted by atomic mass is 9.84. The number of aryl methyl sites for hydroxylation is 2. The normalized spacial score (nSPS) is 24.6. The van der Waals surface area contributed by atoms with Crippen LogP contribution in [0.1, 0.15) is 69.1 Å². The zero-order chi connectivity index (χ0) is 14.7. The molecule has 0 amide bonds. The van der Waals surface area contributed by atoms with Crippen LogP contribution in [0, 0.1) is 19.8 Å². The lowest BCUT2D eigenvalue weighted by molar-refractivity contribution is 0.272. The summed E-state index contributed by atoms with van der Waals surface area (Å²) in [5.41, 5.74) is 1.62. The molecule has 1 fully saturated rings. The molecule has 0 aromatic carbocycles. The smallest absolute Gasteiger partial charge is 0.255 e. The van der Waals surface area contributed by atoms with Gasteiger partial charge in [0.2, 0.25) is 0 Å². The molecule has 2 N–H and O–H groups in total. The Bertz CT molecular complexity index is 501. The second-order valence-electron chi connectivity index (χ2n) is 6.16. The zero-order valence-corrected chi connectivity index (χ0v) is 13.1. The molecule has 1 atom stereocenters. The molecular formula is C16H27N3O. The van der Waals surface area contributed by atoms with Crippen molar-refractivity contribution in [3.63, 3.8) is 0 Å². The molecule has 1 unspecified atom stereocenters. The van der Waals surface area contributed by atoms with Crippen LogP contribution in [0.2, 0.25) is 0 Å². The van der Waals surface area contributed by atoms with Crippen molar-refractivity contribution in [3.05, 3.63) is 27.4 Å². The monoisotopic (exact) mass is 277 g/mol. The molecule has 4 heteroatoms. The molecule has 4 nitrogen and oxygen atoms in total. The van der Waals surface area contributed by atoms with Crippen LogP contribution in [-0.2, 0) is 0 Å². The fourth-order valence-electron chi connectivity index (χ4n) is 3.42. The molecule has 1 aromatic heterocycles. The van der Waals surface area contributed by atoms with Crippen molar-refractivity contribution in [1.29, 1.82) is 0 Å². The Balaban J connectivity index is 2.02. The third kappa shape index (κ3) is 3.48. The fourth-order valence-corrected chi connectivity index (χ4v) is 3.42. The van der Waals surface area contributed by atoms with Crippen molar-refractivity contribution in [3.8, 4) is 0 Å². The lowest BCUT2D eigenvalue weighted by Crippen LogP contribution is -2.37. The van der Waals surface area contributed by atoms with E-state index in [9.17, 15) is 4.79 Å². The van der Waals surface area contributed by atoms with E-state index in [2.05, 4.69) is 29.1 Å². The SMILES string of the molecule is CCC1CCC(NC(C)c2c(C)nc(C)[nH]c2=O)CC1. The predicted octanol–water partition coefficient (Wildman–Crippen LogP) is 3.01. The summed E-state index contributed by atoms with van der Waals surface area (Å²) >= 11 is 0. The zero-order valence-electron chi connectivity index (χ0n) is 13.1. The van der Waals surface area contributed by atoms with Gasteiger partial charge in [-0.2, -0.15) is 0 Å². The maximum absolute atomic E-state index is 12.1. The molecule has 1 saturated carbocycles. The molecule has 2 rings (SSSR count). The lowest BCUT2D eigenvalue weighted by Gasteiger charge is -2.31. The third-order valence-electron chi connectivity index (χ3n) is 4.61. The topological polar surface area (TPSA) is 57.8 Å². The van der Waals surface area contributed by atoms with Crippen LogP contribution in [0.5, 0.6) is 0 Å². The Hall–Kier alpha value is -1.16. The van der Waals surface area contributed by atoms with Crippen LogP contribution in [0.25, 0.3) is 0 Å². The Morgan fingerprint density at radius 2 is 1.95 bits per heavy atom. The van der Waals surface area contributed by atoms with Gasteiger partial charge in [-0.3, -0.25) is 4.79 Å². The first kappa shape index (κ1) is 15.2. The van der Waals surface area contributed by atoms with Gasteiger partial charge in [0.15, 0.2) is 0 Å². The van der Waals surface area contributed by atoms with Crippen LogP contribution in [0.4, 0.5) is 0 Å². The number of hydrogen-bond donors (Lipinski definition) is 2. The Morgan fingerprint density at radius 3 is 2.50 bits per heavy atom. The van der Waals surface area contributed by atoms with E-state index in [0.717, 1.165) is 17.2 Å². The van der Waals surface area contributed by atoms with Crippen LogP contribution in [0.3, 0.4) is 0 Å². The second kappa shape index (κ2) is 6.53. The summed E-state index contributed by atoms with van der Waals surface area (Å²) in [7, 11) is 0. The molecule has 0 aliphatic heterocycles. The van der Waals surface area contributed by atoms with E-state index in [4.69, 9.17) is 0 Å². The van der Waals surface area contributed by atoms with Gasteiger partial charge in [0.05, 0.1) is 5.56 Å². The van der Waals surface area contributed by atoms with Crippen molar-refractivity contribution < 1.29 is 0 Å². The molecular weight excluding hydrogens is 250 g/mol. The van der Waals surface area contributed by atoms with Gasteiger partial charge in [-0.15, -0.1) is 0 Å². The van der Waals surface area contributed by atoms with Gasteiger partial charge in [0.25, 0.3) is 5.56 Å². The van der Waals surface area contributed by atoms with Crippen molar-refractivity contribution in [1.82, 2.24) is 15.3 Å². The van der Waals surface area contributed by atoms with Crippen LogP contribution in [-0.4, -0.2) is 16.0 Å². The summed E-state index contributed by atoms with van der Waals surface area (Å²) in [5, 5.41) is 3.62. The van der Waals surface area contributed by atoms with Crippen LogP contribution < -0.4 is 10.9 Å². The molecule has 0 saturated heterocycles. The number of H-pyrrole nitrogens is 1. The van der Waals surface area contributed by atoms with Gasteiger partial charge in [-0.25, -0.2) is 4.98 Å². The first-order chi connectivity index (χ1) is 9.51.